The molecule has 2 heteroatoms. The lowest BCUT2D eigenvalue weighted by atomic mass is 10.2. The highest BCUT2D eigenvalue weighted by Crippen LogP contribution is 2.17. The number of hydrogen-bond acceptors (Lipinski definition) is 1. The van der Waals surface area contributed by atoms with Gasteiger partial charge in [-0.05, 0) is 19.8 Å². The Labute approximate surface area is 74.2 Å². The van der Waals surface area contributed by atoms with Crippen LogP contribution in [0.5, 0.6) is 0 Å². The van der Waals surface area contributed by atoms with Crippen molar-refractivity contribution >= 4 is 5.91 Å². The molecule has 0 bridgehead atoms. The second kappa shape index (κ2) is 4.29. The zero-order valence-electron chi connectivity index (χ0n) is 7.92. The van der Waals surface area contributed by atoms with Crippen molar-refractivity contribution in [2.45, 2.75) is 39.2 Å². The molecule has 68 valence electrons. The van der Waals surface area contributed by atoms with Crippen molar-refractivity contribution in [3.05, 3.63) is 12.2 Å². The molecule has 0 aromatic rings. The van der Waals surface area contributed by atoms with Gasteiger partial charge in [-0.25, -0.2) is 0 Å². The summed E-state index contributed by atoms with van der Waals surface area (Å²) < 4.78 is 0. The third-order valence-electron chi connectivity index (χ3n) is 2.33. The van der Waals surface area contributed by atoms with E-state index in [0.717, 1.165) is 25.8 Å². The largest absolute Gasteiger partial charge is 0.336 e. The molecule has 0 aromatic carbocycles. The minimum Gasteiger partial charge on any atom is -0.336 e. The molecule has 0 spiro atoms. The van der Waals surface area contributed by atoms with Crippen LogP contribution in [0.2, 0.25) is 0 Å². The summed E-state index contributed by atoms with van der Waals surface area (Å²) in [7, 11) is 0. The molecule has 1 saturated heterocycles. The lowest BCUT2D eigenvalue weighted by molar-refractivity contribution is -0.128. The predicted molar refractivity (Wildman–Crippen MR) is 49.8 cm³/mol. The maximum Gasteiger partial charge on any atom is 0.223 e. The lowest BCUT2D eigenvalue weighted by Gasteiger charge is -2.19. The Hall–Kier alpha value is -0.790. The van der Waals surface area contributed by atoms with Crippen molar-refractivity contribution in [1.29, 1.82) is 0 Å². The molecule has 1 atom stereocenters. The van der Waals surface area contributed by atoms with E-state index in [0.29, 0.717) is 11.9 Å². The highest BCUT2D eigenvalue weighted by Gasteiger charge is 2.25. The van der Waals surface area contributed by atoms with Crippen LogP contribution in [0.1, 0.15) is 33.1 Å². The van der Waals surface area contributed by atoms with E-state index in [2.05, 4.69) is 26.0 Å². The van der Waals surface area contributed by atoms with Crippen LogP contribution in [0.25, 0.3) is 0 Å². The number of nitrogens with zero attached hydrogens (tertiary/aromatic N) is 1. The summed E-state index contributed by atoms with van der Waals surface area (Å²) in [5.74, 6) is 0.309. The van der Waals surface area contributed by atoms with E-state index >= 15 is 0 Å². The molecule has 1 rings (SSSR count). The molecular weight excluding hydrogens is 150 g/mol. The minimum absolute atomic E-state index is 0.309. The molecule has 1 amide bonds. The van der Waals surface area contributed by atoms with Crippen LogP contribution in [-0.2, 0) is 4.79 Å². The molecule has 0 aromatic heterocycles. The zero-order chi connectivity index (χ0) is 8.97. The summed E-state index contributed by atoms with van der Waals surface area (Å²) >= 11 is 0. The third kappa shape index (κ3) is 2.10. The average Bonchev–Trinajstić information content (AvgIpc) is 2.35. The second-order valence-electron chi connectivity index (χ2n) is 3.31. The SMILES string of the molecule is CC/C=C\CN1C(=O)CCC1C. The monoisotopic (exact) mass is 167 g/mol. The Kier molecular flexibility index (Phi) is 3.32. The van der Waals surface area contributed by atoms with Crippen LogP contribution in [0.4, 0.5) is 0 Å². The van der Waals surface area contributed by atoms with E-state index in [-0.39, 0.29) is 0 Å². The summed E-state index contributed by atoms with van der Waals surface area (Å²) in [5, 5.41) is 0. The van der Waals surface area contributed by atoms with Crippen molar-refractivity contribution in [2.24, 2.45) is 0 Å². The van der Waals surface area contributed by atoms with Gasteiger partial charge in [-0.3, -0.25) is 4.79 Å². The van der Waals surface area contributed by atoms with Crippen LogP contribution in [0.3, 0.4) is 0 Å². The van der Waals surface area contributed by atoms with Crippen LogP contribution in [0, 0.1) is 0 Å². The van der Waals surface area contributed by atoms with E-state index in [1.165, 1.54) is 0 Å². The van der Waals surface area contributed by atoms with Crippen LogP contribution in [0.15, 0.2) is 12.2 Å². The standard InChI is InChI=1S/C10H17NO/c1-3-4-5-8-11-9(2)6-7-10(11)12/h4-5,9H,3,6-8H2,1-2H3/b5-4-. The van der Waals surface area contributed by atoms with E-state index in [9.17, 15) is 4.79 Å². The third-order valence-corrected chi connectivity index (χ3v) is 2.33. The van der Waals surface area contributed by atoms with Crippen molar-refractivity contribution in [2.75, 3.05) is 6.54 Å². The van der Waals surface area contributed by atoms with Gasteiger partial charge in [0, 0.05) is 19.0 Å². The molecule has 1 unspecified atom stereocenters. The van der Waals surface area contributed by atoms with Gasteiger partial charge < -0.3 is 4.90 Å². The van der Waals surface area contributed by atoms with Gasteiger partial charge >= 0.3 is 0 Å². The summed E-state index contributed by atoms with van der Waals surface area (Å²) in [6.07, 6.45) is 7.01. The normalized spacial score (nSPS) is 24.3. The highest BCUT2D eigenvalue weighted by atomic mass is 16.2. The number of allylic oxidation sites excluding steroid dienone is 1. The Morgan fingerprint density at radius 2 is 2.33 bits per heavy atom. The van der Waals surface area contributed by atoms with E-state index in [4.69, 9.17) is 0 Å². The molecule has 2 nitrogen and oxygen atoms in total. The van der Waals surface area contributed by atoms with Gasteiger partial charge in [0.05, 0.1) is 0 Å². The van der Waals surface area contributed by atoms with Crippen LogP contribution in [-0.4, -0.2) is 23.4 Å². The molecule has 1 heterocycles. The van der Waals surface area contributed by atoms with E-state index in [1.807, 2.05) is 4.90 Å². The van der Waals surface area contributed by atoms with E-state index < -0.39 is 0 Å². The number of carbonyl (C=O) groups is 1. The highest BCUT2D eigenvalue weighted by molar-refractivity contribution is 5.78. The number of amides is 1. The Morgan fingerprint density at radius 1 is 1.58 bits per heavy atom. The topological polar surface area (TPSA) is 20.3 Å². The summed E-state index contributed by atoms with van der Waals surface area (Å²) in [5.41, 5.74) is 0. The smallest absolute Gasteiger partial charge is 0.223 e. The maximum atomic E-state index is 11.3. The summed E-state index contributed by atoms with van der Waals surface area (Å²) in [6, 6.07) is 0.444. The molecule has 0 aliphatic carbocycles. The summed E-state index contributed by atoms with van der Waals surface area (Å²) in [4.78, 5) is 13.2. The first kappa shape index (κ1) is 9.30. The van der Waals surface area contributed by atoms with Gasteiger partial charge in [-0.1, -0.05) is 19.1 Å². The maximum absolute atomic E-state index is 11.3. The van der Waals surface area contributed by atoms with Gasteiger partial charge in [0.2, 0.25) is 5.91 Å². The lowest BCUT2D eigenvalue weighted by Crippen LogP contribution is -2.30. The molecule has 0 radical (unpaired) electrons. The minimum atomic E-state index is 0.309. The first-order chi connectivity index (χ1) is 5.75. The van der Waals surface area contributed by atoms with E-state index in [1.54, 1.807) is 0 Å². The fourth-order valence-electron chi connectivity index (χ4n) is 1.51. The molecule has 12 heavy (non-hydrogen) atoms. The molecule has 0 N–H and O–H groups in total. The quantitative estimate of drug-likeness (QED) is 0.588. The van der Waals surface area contributed by atoms with Gasteiger partial charge in [0.15, 0.2) is 0 Å². The number of rotatable bonds is 3. The Balaban J connectivity index is 2.39. The molecule has 0 saturated carbocycles. The molecule has 1 fully saturated rings. The van der Waals surface area contributed by atoms with Crippen LogP contribution >= 0.6 is 0 Å². The van der Waals surface area contributed by atoms with Gasteiger partial charge in [0.1, 0.15) is 0 Å². The first-order valence-electron chi connectivity index (χ1n) is 4.70. The number of hydrogen-bond donors (Lipinski definition) is 0. The molecule has 1 aliphatic rings. The second-order valence-corrected chi connectivity index (χ2v) is 3.31. The Bertz CT molecular complexity index is 186. The van der Waals surface area contributed by atoms with Crippen molar-refractivity contribution in [3.63, 3.8) is 0 Å². The Morgan fingerprint density at radius 3 is 2.83 bits per heavy atom. The molecular formula is C10H17NO. The average molecular weight is 167 g/mol. The van der Waals surface area contributed by atoms with Crippen molar-refractivity contribution in [3.8, 4) is 0 Å². The van der Waals surface area contributed by atoms with Crippen molar-refractivity contribution < 1.29 is 4.79 Å². The zero-order valence-corrected chi connectivity index (χ0v) is 7.92. The van der Waals surface area contributed by atoms with Gasteiger partial charge in [0.25, 0.3) is 0 Å². The summed E-state index contributed by atoms with van der Waals surface area (Å²) in [6.45, 7) is 5.02. The van der Waals surface area contributed by atoms with Gasteiger partial charge in [-0.15, -0.1) is 0 Å². The van der Waals surface area contributed by atoms with Crippen molar-refractivity contribution in [1.82, 2.24) is 4.90 Å². The number of carbonyl (C=O) groups excluding carboxylic acids is 1. The first-order valence-corrected chi connectivity index (χ1v) is 4.70. The molecule has 1 aliphatic heterocycles. The van der Waals surface area contributed by atoms with Crippen LogP contribution < -0.4 is 0 Å². The predicted octanol–water partition coefficient (Wildman–Crippen LogP) is 1.96. The number of likely N-dealkylation sites (tertiary alicyclic amines) is 1. The van der Waals surface area contributed by atoms with Gasteiger partial charge in [-0.2, -0.15) is 0 Å². The fourth-order valence-corrected chi connectivity index (χ4v) is 1.51. The fraction of sp³-hybridized carbons (Fsp3) is 0.700.